The van der Waals surface area contributed by atoms with Crippen molar-refractivity contribution in [2.45, 2.75) is 10.9 Å². The number of benzene rings is 1. The number of hydrogen-bond donors (Lipinski definition) is 2. The van der Waals surface area contributed by atoms with Crippen LogP contribution in [0.3, 0.4) is 0 Å². The van der Waals surface area contributed by atoms with E-state index >= 15 is 0 Å². The number of nitro benzene ring substituents is 1. The quantitative estimate of drug-likeness (QED) is 0.154. The number of nitrogen functional groups attached to an aromatic ring is 1. The predicted octanol–water partition coefficient (Wildman–Crippen LogP) is 0.325. The number of aryl methyl sites for hydroxylation is 1. The maximum absolute atomic E-state index is 12.7. The van der Waals surface area contributed by atoms with E-state index in [0.717, 1.165) is 0 Å². The average Bonchev–Trinajstić information content (AvgIpc) is 3.52. The molecule has 3 aromatic heterocycles. The molecule has 0 aliphatic rings. The number of non-ortho nitro benzene ring substituents is 1. The van der Waals surface area contributed by atoms with Crippen LogP contribution >= 0.6 is 11.8 Å². The van der Waals surface area contributed by atoms with Crippen molar-refractivity contribution < 1.29 is 14.3 Å². The van der Waals surface area contributed by atoms with Gasteiger partial charge in [-0.2, -0.15) is 9.78 Å². The van der Waals surface area contributed by atoms with Crippen molar-refractivity contribution in [2.24, 2.45) is 12.1 Å². The van der Waals surface area contributed by atoms with E-state index in [1.54, 1.807) is 17.7 Å². The minimum Gasteiger partial charge on any atom is -0.378 e. The smallest absolute Gasteiger partial charge is 0.293 e. The van der Waals surface area contributed by atoms with Gasteiger partial charge in [-0.3, -0.25) is 14.9 Å². The lowest BCUT2D eigenvalue weighted by molar-refractivity contribution is -0.384. The highest BCUT2D eigenvalue weighted by Gasteiger charge is 2.24. The second-order valence-electron chi connectivity index (χ2n) is 6.33. The summed E-state index contributed by atoms with van der Waals surface area (Å²) < 4.78 is 7.55. The summed E-state index contributed by atoms with van der Waals surface area (Å²) in [5.74, 6) is -0.453. The number of nitrogens with two attached hydrogens (primary N) is 1. The van der Waals surface area contributed by atoms with Crippen LogP contribution in [0.1, 0.15) is 21.7 Å². The SMILES string of the molecule is Cn1cnnc1SCc1c(C(=O)NN=Cc2cccc([N+](=O)[O-])c2)nnn1-c1nonc1N. The standard InChI is InChI=1S/C16H14N12O4S/c1-26-8-19-22-16(26)33-7-11-12(20-25-27(11)14-13(17)23-32-24-14)15(29)21-18-6-9-3-2-4-10(5-9)28(30)31/h2-6,8H,7H2,1H3,(H2,17,23)(H,21,29). The van der Waals surface area contributed by atoms with Gasteiger partial charge in [-0.25, -0.2) is 10.1 Å². The number of aromatic nitrogens is 8. The van der Waals surface area contributed by atoms with Crippen LogP contribution in [0, 0.1) is 10.1 Å². The molecular weight excluding hydrogens is 456 g/mol. The molecule has 168 valence electrons. The normalized spacial score (nSPS) is 11.2. The van der Waals surface area contributed by atoms with Gasteiger partial charge in [-0.15, -0.1) is 15.3 Å². The van der Waals surface area contributed by atoms with Crippen LogP contribution < -0.4 is 11.2 Å². The topological polar surface area (TPSA) is 211 Å². The number of rotatable bonds is 8. The number of carbonyl (C=O) groups excluding carboxylic acids is 1. The number of thioether (sulfide) groups is 1. The predicted molar refractivity (Wildman–Crippen MR) is 112 cm³/mol. The van der Waals surface area contributed by atoms with Gasteiger partial charge >= 0.3 is 0 Å². The van der Waals surface area contributed by atoms with E-state index < -0.39 is 10.8 Å². The van der Waals surface area contributed by atoms with Gasteiger partial charge in [0.2, 0.25) is 11.6 Å². The van der Waals surface area contributed by atoms with Crippen molar-refractivity contribution in [1.29, 1.82) is 0 Å². The van der Waals surface area contributed by atoms with Crippen molar-refractivity contribution in [1.82, 2.24) is 45.5 Å². The number of nitrogens with zero attached hydrogens (tertiary/aromatic N) is 10. The average molecular weight is 470 g/mol. The first kappa shape index (κ1) is 21.6. The lowest BCUT2D eigenvalue weighted by Crippen LogP contribution is -2.20. The Balaban J connectivity index is 1.57. The zero-order chi connectivity index (χ0) is 23.4. The molecule has 1 amide bonds. The van der Waals surface area contributed by atoms with Crippen LogP contribution in [-0.4, -0.2) is 57.1 Å². The number of nitrogens with one attached hydrogen (secondary N) is 1. The van der Waals surface area contributed by atoms with Gasteiger partial charge in [0.25, 0.3) is 11.6 Å². The van der Waals surface area contributed by atoms with Gasteiger partial charge in [0, 0.05) is 30.5 Å². The van der Waals surface area contributed by atoms with E-state index in [4.69, 9.17) is 5.73 Å². The molecule has 33 heavy (non-hydrogen) atoms. The number of nitro groups is 1. The van der Waals surface area contributed by atoms with Crippen molar-refractivity contribution in [3.8, 4) is 5.82 Å². The van der Waals surface area contributed by atoms with Crippen LogP contribution in [0.2, 0.25) is 0 Å². The Kier molecular flexibility index (Phi) is 6.02. The third-order valence-corrected chi connectivity index (χ3v) is 5.19. The lowest BCUT2D eigenvalue weighted by Gasteiger charge is -2.05. The molecule has 16 nitrogen and oxygen atoms in total. The minimum absolute atomic E-state index is 0.0412. The van der Waals surface area contributed by atoms with Crippen LogP contribution in [0.15, 0.2) is 45.5 Å². The van der Waals surface area contributed by atoms with Crippen molar-refractivity contribution in [3.05, 3.63) is 57.7 Å². The Morgan fingerprint density at radius 2 is 2.24 bits per heavy atom. The molecule has 0 bridgehead atoms. The Hall–Kier alpha value is -4.67. The Labute approximate surface area is 188 Å². The summed E-state index contributed by atoms with van der Waals surface area (Å²) >= 11 is 1.27. The second-order valence-corrected chi connectivity index (χ2v) is 7.28. The van der Waals surface area contributed by atoms with Crippen molar-refractivity contribution in [2.75, 3.05) is 5.73 Å². The number of hydrazone groups is 1. The Morgan fingerprint density at radius 3 is 2.94 bits per heavy atom. The van der Waals surface area contributed by atoms with E-state index in [2.05, 4.69) is 46.0 Å². The summed E-state index contributed by atoms with van der Waals surface area (Å²) in [5.41, 5.74) is 8.68. The summed E-state index contributed by atoms with van der Waals surface area (Å²) in [6, 6.07) is 5.77. The molecular formula is C16H14N12O4S. The summed E-state index contributed by atoms with van der Waals surface area (Å²) in [5, 5.41) is 38.2. The maximum Gasteiger partial charge on any atom is 0.293 e. The largest absolute Gasteiger partial charge is 0.378 e. The zero-order valence-corrected chi connectivity index (χ0v) is 17.6. The summed E-state index contributed by atoms with van der Waals surface area (Å²) in [4.78, 5) is 23.1. The third kappa shape index (κ3) is 4.66. The molecule has 0 atom stereocenters. The fraction of sp³-hybridized carbons (Fsp3) is 0.125. The second kappa shape index (κ2) is 9.22. The van der Waals surface area contributed by atoms with Crippen LogP contribution in [-0.2, 0) is 12.8 Å². The molecule has 0 saturated carbocycles. The Morgan fingerprint density at radius 1 is 1.39 bits per heavy atom. The van der Waals surface area contributed by atoms with E-state index in [0.29, 0.717) is 16.4 Å². The molecule has 4 rings (SSSR count). The van der Waals surface area contributed by atoms with Gasteiger partial charge in [-0.1, -0.05) is 29.1 Å². The maximum atomic E-state index is 12.7. The van der Waals surface area contributed by atoms with Gasteiger partial charge < -0.3 is 10.3 Å². The molecule has 0 radical (unpaired) electrons. The zero-order valence-electron chi connectivity index (χ0n) is 16.8. The van der Waals surface area contributed by atoms with Crippen LogP contribution in [0.25, 0.3) is 5.82 Å². The van der Waals surface area contributed by atoms with E-state index in [9.17, 15) is 14.9 Å². The molecule has 4 aromatic rings. The molecule has 0 unspecified atom stereocenters. The monoisotopic (exact) mass is 470 g/mol. The molecule has 0 saturated heterocycles. The van der Waals surface area contributed by atoms with Crippen molar-refractivity contribution in [3.63, 3.8) is 0 Å². The fourth-order valence-electron chi connectivity index (χ4n) is 2.59. The van der Waals surface area contributed by atoms with Crippen LogP contribution in [0.5, 0.6) is 0 Å². The highest BCUT2D eigenvalue weighted by Crippen LogP contribution is 2.24. The summed E-state index contributed by atoms with van der Waals surface area (Å²) in [6.45, 7) is 0. The van der Waals surface area contributed by atoms with Gasteiger partial charge in [-0.05, 0) is 10.3 Å². The first-order valence-electron chi connectivity index (χ1n) is 9.01. The molecule has 3 N–H and O–H groups in total. The number of carbonyl (C=O) groups is 1. The number of anilines is 1. The molecule has 1 aromatic carbocycles. The number of amides is 1. The molecule has 0 fully saturated rings. The molecule has 0 aliphatic heterocycles. The lowest BCUT2D eigenvalue weighted by atomic mass is 10.2. The first-order chi connectivity index (χ1) is 15.9. The number of hydrogen-bond acceptors (Lipinski definition) is 13. The van der Waals surface area contributed by atoms with Gasteiger partial charge in [0.05, 0.1) is 16.8 Å². The van der Waals surface area contributed by atoms with Crippen molar-refractivity contribution >= 4 is 35.4 Å². The first-order valence-corrected chi connectivity index (χ1v) is 10.00. The molecule has 3 heterocycles. The summed E-state index contributed by atoms with van der Waals surface area (Å²) in [6.07, 6.45) is 2.80. The third-order valence-electron chi connectivity index (χ3n) is 4.14. The van der Waals surface area contributed by atoms with Gasteiger partial charge in [0.1, 0.15) is 6.33 Å². The minimum atomic E-state index is -0.675. The van der Waals surface area contributed by atoms with Crippen LogP contribution in [0.4, 0.5) is 11.5 Å². The molecule has 0 aliphatic carbocycles. The molecule has 17 heteroatoms. The fourth-order valence-corrected chi connectivity index (χ4v) is 3.47. The van der Waals surface area contributed by atoms with E-state index in [1.807, 2.05) is 0 Å². The van der Waals surface area contributed by atoms with E-state index in [-0.39, 0.29) is 28.8 Å². The highest BCUT2D eigenvalue weighted by atomic mass is 32.2. The Bertz CT molecular complexity index is 1340. The van der Waals surface area contributed by atoms with Gasteiger partial charge in [0.15, 0.2) is 10.9 Å². The highest BCUT2D eigenvalue weighted by molar-refractivity contribution is 7.98. The molecule has 0 spiro atoms. The van der Waals surface area contributed by atoms with E-state index in [1.165, 1.54) is 47.2 Å². The summed E-state index contributed by atoms with van der Waals surface area (Å²) in [7, 11) is 1.77.